The minimum Gasteiger partial charge on any atom is -0.447 e. The van der Waals surface area contributed by atoms with E-state index in [1.54, 1.807) is 42.7 Å². The van der Waals surface area contributed by atoms with Crippen molar-refractivity contribution in [3.63, 3.8) is 0 Å². The standard InChI is InChI=1S/C34H39ClF2N6O7/c1-33(2,3)49-32(47)43-13-11-42(12-14-43)28(44)16-23-18-34(23,41(4)30(45)38-19-22-8-6-10-25(37)29(22)35)20-48-31(46)39-27-17-26(40-50-27)21-7-5-9-24(36)15-21/h5-10,15,17,23H,11-14,16,18-20H2,1-4H3,(H,38,45)(H,39,46). The van der Waals surface area contributed by atoms with Crippen molar-refractivity contribution in [2.24, 2.45) is 5.92 Å². The number of hydrogen-bond donors (Lipinski definition) is 2. The van der Waals surface area contributed by atoms with E-state index in [2.05, 4.69) is 15.8 Å². The molecule has 16 heteroatoms. The first-order chi connectivity index (χ1) is 23.6. The molecule has 1 saturated carbocycles. The van der Waals surface area contributed by atoms with Crippen LogP contribution in [-0.2, 0) is 20.8 Å². The highest BCUT2D eigenvalue weighted by Gasteiger charge is 2.60. The number of rotatable bonds is 9. The molecule has 0 spiro atoms. The largest absolute Gasteiger partial charge is 0.447 e. The molecular formula is C34H39ClF2N6O7. The number of hydrogen-bond acceptors (Lipinski definition) is 8. The summed E-state index contributed by atoms with van der Waals surface area (Å²) in [6.45, 7) is 6.28. The van der Waals surface area contributed by atoms with E-state index in [1.807, 2.05) is 0 Å². The number of piperazine rings is 1. The van der Waals surface area contributed by atoms with Crippen LogP contribution in [0, 0.1) is 17.6 Å². The number of urea groups is 1. The van der Waals surface area contributed by atoms with Crippen LogP contribution < -0.4 is 10.6 Å². The number of likely N-dealkylation sites (N-methyl/N-ethyl adjacent to an activating group) is 1. The van der Waals surface area contributed by atoms with Gasteiger partial charge in [-0.1, -0.05) is 41.0 Å². The van der Waals surface area contributed by atoms with E-state index in [0.29, 0.717) is 49.4 Å². The zero-order valence-corrected chi connectivity index (χ0v) is 28.9. The van der Waals surface area contributed by atoms with Crippen LogP contribution in [0.2, 0.25) is 5.02 Å². The minimum absolute atomic E-state index is 0.0468. The third kappa shape index (κ3) is 8.80. The number of aromatic nitrogens is 1. The fraction of sp³-hybridized carbons (Fsp3) is 0.441. The Labute approximate surface area is 292 Å². The average Bonchev–Trinajstić information content (AvgIpc) is 3.56. The van der Waals surface area contributed by atoms with Crippen LogP contribution in [0.25, 0.3) is 11.3 Å². The molecule has 2 atom stereocenters. The molecule has 2 unspecified atom stereocenters. The van der Waals surface area contributed by atoms with Gasteiger partial charge in [-0.3, -0.25) is 10.1 Å². The number of nitrogens with one attached hydrogen (secondary N) is 2. The highest BCUT2D eigenvalue weighted by molar-refractivity contribution is 6.31. The van der Waals surface area contributed by atoms with Gasteiger partial charge < -0.3 is 34.0 Å². The van der Waals surface area contributed by atoms with Gasteiger partial charge in [0, 0.05) is 57.8 Å². The molecule has 3 aromatic rings. The van der Waals surface area contributed by atoms with Crippen molar-refractivity contribution in [2.75, 3.05) is 45.2 Å². The molecule has 1 aliphatic carbocycles. The van der Waals surface area contributed by atoms with Crippen molar-refractivity contribution >= 4 is 41.6 Å². The molecule has 2 aliphatic rings. The Bertz CT molecular complexity index is 1740. The van der Waals surface area contributed by atoms with Crippen molar-refractivity contribution in [1.82, 2.24) is 25.2 Å². The van der Waals surface area contributed by atoms with Gasteiger partial charge in [0.2, 0.25) is 11.8 Å². The van der Waals surface area contributed by atoms with Gasteiger partial charge in [0.15, 0.2) is 0 Å². The number of carbonyl (C=O) groups is 4. The molecule has 0 radical (unpaired) electrons. The molecule has 50 heavy (non-hydrogen) atoms. The second kappa shape index (κ2) is 14.9. The number of anilines is 1. The second-order valence-corrected chi connectivity index (χ2v) is 13.7. The average molecular weight is 717 g/mol. The van der Waals surface area contributed by atoms with Crippen molar-refractivity contribution < 1.29 is 42.0 Å². The van der Waals surface area contributed by atoms with Crippen LogP contribution >= 0.6 is 11.6 Å². The monoisotopic (exact) mass is 716 g/mol. The number of carbonyl (C=O) groups excluding carboxylic acids is 4. The molecule has 5 amide bonds. The van der Waals surface area contributed by atoms with E-state index >= 15 is 0 Å². The fourth-order valence-corrected chi connectivity index (χ4v) is 5.93. The molecule has 5 rings (SSSR count). The first kappa shape index (κ1) is 36.4. The fourth-order valence-electron chi connectivity index (χ4n) is 5.74. The van der Waals surface area contributed by atoms with Gasteiger partial charge in [0.25, 0.3) is 0 Å². The van der Waals surface area contributed by atoms with Crippen molar-refractivity contribution in [3.05, 3.63) is 70.8 Å². The van der Waals surface area contributed by atoms with Crippen LogP contribution in [0.5, 0.6) is 0 Å². The predicted octanol–water partition coefficient (Wildman–Crippen LogP) is 5.89. The number of benzene rings is 2. The Kier molecular flexibility index (Phi) is 10.8. The second-order valence-electron chi connectivity index (χ2n) is 13.3. The molecule has 1 saturated heterocycles. The van der Waals surface area contributed by atoms with Crippen LogP contribution in [0.4, 0.5) is 29.0 Å². The quantitative estimate of drug-likeness (QED) is 0.279. The Morgan fingerprint density at radius 3 is 2.46 bits per heavy atom. The molecule has 268 valence electrons. The topological polar surface area (TPSA) is 147 Å². The number of amides is 5. The summed E-state index contributed by atoms with van der Waals surface area (Å²) in [6.07, 6.45) is -0.935. The van der Waals surface area contributed by atoms with Crippen LogP contribution in [-0.4, -0.2) is 95.0 Å². The molecule has 2 fully saturated rings. The first-order valence-electron chi connectivity index (χ1n) is 16.0. The Balaban J connectivity index is 1.22. The zero-order chi connectivity index (χ0) is 36.2. The van der Waals surface area contributed by atoms with E-state index in [-0.39, 0.29) is 42.3 Å². The molecule has 2 heterocycles. The lowest BCUT2D eigenvalue weighted by Gasteiger charge is -2.36. The summed E-state index contributed by atoms with van der Waals surface area (Å²) in [7, 11) is 1.52. The summed E-state index contributed by atoms with van der Waals surface area (Å²) in [4.78, 5) is 56.6. The summed E-state index contributed by atoms with van der Waals surface area (Å²) in [6, 6.07) is 10.8. The van der Waals surface area contributed by atoms with Gasteiger partial charge in [-0.15, -0.1) is 0 Å². The molecule has 0 bridgehead atoms. The van der Waals surface area contributed by atoms with Gasteiger partial charge >= 0.3 is 18.2 Å². The molecule has 1 aliphatic heterocycles. The van der Waals surface area contributed by atoms with Crippen molar-refractivity contribution in [2.45, 2.75) is 51.3 Å². The third-order valence-electron chi connectivity index (χ3n) is 8.65. The lowest BCUT2D eigenvalue weighted by Crippen LogP contribution is -2.52. The summed E-state index contributed by atoms with van der Waals surface area (Å²) < 4.78 is 43.7. The van der Waals surface area contributed by atoms with Crippen LogP contribution in [0.1, 0.15) is 39.2 Å². The van der Waals surface area contributed by atoms with Gasteiger partial charge in [0.05, 0.1) is 10.6 Å². The highest BCUT2D eigenvalue weighted by Crippen LogP contribution is 2.51. The van der Waals surface area contributed by atoms with Crippen molar-refractivity contribution in [3.8, 4) is 11.3 Å². The molecule has 2 aromatic carbocycles. The van der Waals surface area contributed by atoms with E-state index in [0.717, 1.165) is 0 Å². The summed E-state index contributed by atoms with van der Waals surface area (Å²) in [5.41, 5.74) is -0.580. The number of nitrogens with zero attached hydrogens (tertiary/aromatic N) is 4. The molecular weight excluding hydrogens is 678 g/mol. The smallest absolute Gasteiger partial charge is 0.414 e. The Hall–Kier alpha value is -4.92. The lowest BCUT2D eigenvalue weighted by atomic mass is 10.1. The van der Waals surface area contributed by atoms with Crippen molar-refractivity contribution in [1.29, 1.82) is 0 Å². The van der Waals surface area contributed by atoms with Gasteiger partial charge in [-0.05, 0) is 56.9 Å². The summed E-state index contributed by atoms with van der Waals surface area (Å²) in [5, 5.41) is 8.89. The van der Waals surface area contributed by atoms with E-state index in [1.165, 1.54) is 48.3 Å². The Morgan fingerprint density at radius 1 is 1.06 bits per heavy atom. The minimum atomic E-state index is -1.05. The first-order valence-corrected chi connectivity index (χ1v) is 16.4. The highest BCUT2D eigenvalue weighted by atomic mass is 35.5. The lowest BCUT2D eigenvalue weighted by molar-refractivity contribution is -0.133. The van der Waals surface area contributed by atoms with Gasteiger partial charge in [-0.2, -0.15) is 0 Å². The van der Waals surface area contributed by atoms with E-state index in [9.17, 15) is 28.0 Å². The predicted molar refractivity (Wildman–Crippen MR) is 178 cm³/mol. The molecule has 2 N–H and O–H groups in total. The maximum atomic E-state index is 14.0. The van der Waals surface area contributed by atoms with E-state index < -0.39 is 41.0 Å². The maximum absolute atomic E-state index is 14.0. The van der Waals surface area contributed by atoms with Gasteiger partial charge in [-0.25, -0.2) is 23.2 Å². The maximum Gasteiger partial charge on any atom is 0.414 e. The normalized spacial score (nSPS) is 18.7. The Morgan fingerprint density at radius 2 is 1.76 bits per heavy atom. The molecule has 1 aromatic heterocycles. The van der Waals surface area contributed by atoms with Crippen LogP contribution in [0.3, 0.4) is 0 Å². The van der Waals surface area contributed by atoms with Crippen LogP contribution in [0.15, 0.2) is 53.1 Å². The van der Waals surface area contributed by atoms with E-state index in [4.69, 9.17) is 25.6 Å². The number of ether oxygens (including phenoxy) is 2. The van der Waals surface area contributed by atoms with Gasteiger partial charge in [0.1, 0.15) is 29.5 Å². The summed E-state index contributed by atoms with van der Waals surface area (Å²) >= 11 is 6.06. The third-order valence-corrected chi connectivity index (χ3v) is 9.07. The zero-order valence-electron chi connectivity index (χ0n) is 28.1. The number of halogens is 3. The summed E-state index contributed by atoms with van der Waals surface area (Å²) in [5.74, 6) is -1.67. The SMILES string of the molecule is CN(C(=O)NCc1cccc(F)c1Cl)C1(COC(=O)Nc2cc(-c3cccc(F)c3)no2)CC1CC(=O)N1CCN(C(=O)OC(C)(C)C)CC1. The molecule has 13 nitrogen and oxygen atoms in total.